The third-order valence-electron chi connectivity index (χ3n) is 2.73. The molecular formula is C15H15FN2O2S. The number of ether oxygens (including phenoxy) is 1. The van der Waals surface area contributed by atoms with E-state index in [0.717, 1.165) is 11.8 Å². The molecule has 2 aromatic rings. The average molecular weight is 306 g/mol. The van der Waals surface area contributed by atoms with Gasteiger partial charge in [0.25, 0.3) is 0 Å². The minimum Gasteiger partial charge on any atom is -0.497 e. The number of hydrogen-bond donors (Lipinski definition) is 2. The molecule has 0 saturated heterocycles. The third-order valence-corrected chi connectivity index (χ3v) is 3.78. The topological polar surface area (TPSA) is 64.3 Å². The number of nitrogens with one attached hydrogen (secondary N) is 1. The van der Waals surface area contributed by atoms with Gasteiger partial charge in [0.05, 0.1) is 24.2 Å². The third kappa shape index (κ3) is 4.13. The van der Waals surface area contributed by atoms with Crippen LogP contribution in [0.5, 0.6) is 5.75 Å². The number of carbonyl (C=O) groups excluding carboxylic acids is 1. The molecule has 0 aromatic heterocycles. The standard InChI is InChI=1S/C15H15FN2O2S/c1-20-10-6-7-13(12(17)8-10)18-15(19)9-21-14-5-3-2-4-11(14)16/h2-8H,9,17H2,1H3,(H,18,19). The molecule has 21 heavy (non-hydrogen) atoms. The summed E-state index contributed by atoms with van der Waals surface area (Å²) in [5.41, 5.74) is 6.74. The molecule has 3 N–H and O–H groups in total. The van der Waals surface area contributed by atoms with Gasteiger partial charge >= 0.3 is 0 Å². The lowest BCUT2D eigenvalue weighted by Gasteiger charge is -2.09. The molecule has 0 spiro atoms. The number of benzene rings is 2. The van der Waals surface area contributed by atoms with E-state index in [2.05, 4.69) is 5.32 Å². The molecule has 110 valence electrons. The molecule has 0 fully saturated rings. The van der Waals surface area contributed by atoms with Crippen LogP contribution < -0.4 is 15.8 Å². The molecule has 6 heteroatoms. The van der Waals surface area contributed by atoms with Gasteiger partial charge in [0.15, 0.2) is 0 Å². The van der Waals surface area contributed by atoms with E-state index < -0.39 is 0 Å². The number of rotatable bonds is 5. The summed E-state index contributed by atoms with van der Waals surface area (Å²) in [6.07, 6.45) is 0. The SMILES string of the molecule is COc1ccc(NC(=O)CSc2ccccc2F)c(N)c1. The minimum atomic E-state index is -0.334. The monoisotopic (exact) mass is 306 g/mol. The Labute approximate surface area is 126 Å². The van der Waals surface area contributed by atoms with Gasteiger partial charge < -0.3 is 15.8 Å². The van der Waals surface area contributed by atoms with Gasteiger partial charge in [0.2, 0.25) is 5.91 Å². The summed E-state index contributed by atoms with van der Waals surface area (Å²) in [6, 6.07) is 11.3. The summed E-state index contributed by atoms with van der Waals surface area (Å²) >= 11 is 1.14. The molecule has 0 unspecified atom stereocenters. The smallest absolute Gasteiger partial charge is 0.234 e. The van der Waals surface area contributed by atoms with Crippen LogP contribution in [0.4, 0.5) is 15.8 Å². The van der Waals surface area contributed by atoms with Crippen molar-refractivity contribution in [3.63, 3.8) is 0 Å². The molecule has 2 aromatic carbocycles. The van der Waals surface area contributed by atoms with E-state index in [1.54, 1.807) is 36.4 Å². The molecule has 0 heterocycles. The van der Waals surface area contributed by atoms with E-state index in [1.165, 1.54) is 13.2 Å². The Kier molecular flexibility index (Phi) is 5.05. The highest BCUT2D eigenvalue weighted by atomic mass is 32.2. The molecule has 0 aliphatic carbocycles. The number of nitrogen functional groups attached to an aromatic ring is 1. The van der Waals surface area contributed by atoms with Crippen LogP contribution in [0.15, 0.2) is 47.4 Å². The van der Waals surface area contributed by atoms with Crippen LogP contribution >= 0.6 is 11.8 Å². The highest BCUT2D eigenvalue weighted by molar-refractivity contribution is 8.00. The second-order valence-corrected chi connectivity index (χ2v) is 5.24. The molecule has 4 nitrogen and oxygen atoms in total. The van der Waals surface area contributed by atoms with Gasteiger partial charge in [0.1, 0.15) is 11.6 Å². The van der Waals surface area contributed by atoms with Gasteiger partial charge in [-0.25, -0.2) is 4.39 Å². The molecule has 0 aliphatic rings. The number of carbonyl (C=O) groups is 1. The molecule has 1 amide bonds. The zero-order chi connectivity index (χ0) is 15.2. The number of hydrogen-bond acceptors (Lipinski definition) is 4. The van der Waals surface area contributed by atoms with Crippen molar-refractivity contribution in [3.05, 3.63) is 48.3 Å². The van der Waals surface area contributed by atoms with Crippen molar-refractivity contribution in [2.45, 2.75) is 4.90 Å². The van der Waals surface area contributed by atoms with Crippen molar-refractivity contribution in [1.82, 2.24) is 0 Å². The first-order chi connectivity index (χ1) is 10.1. The van der Waals surface area contributed by atoms with Crippen molar-refractivity contribution < 1.29 is 13.9 Å². The minimum absolute atomic E-state index is 0.104. The summed E-state index contributed by atoms with van der Waals surface area (Å²) in [5, 5.41) is 2.69. The average Bonchev–Trinajstić information content (AvgIpc) is 2.48. The zero-order valence-electron chi connectivity index (χ0n) is 11.4. The van der Waals surface area contributed by atoms with Gasteiger partial charge in [-0.3, -0.25) is 4.79 Å². The van der Waals surface area contributed by atoms with Crippen LogP contribution in [0.25, 0.3) is 0 Å². The molecule has 2 rings (SSSR count). The molecular weight excluding hydrogens is 291 g/mol. The van der Waals surface area contributed by atoms with E-state index in [9.17, 15) is 9.18 Å². The number of thioether (sulfide) groups is 1. The van der Waals surface area contributed by atoms with Gasteiger partial charge in [-0.1, -0.05) is 12.1 Å². The number of nitrogens with two attached hydrogens (primary N) is 1. The lowest BCUT2D eigenvalue weighted by molar-refractivity contribution is -0.113. The Morgan fingerprint density at radius 2 is 2.10 bits per heavy atom. The van der Waals surface area contributed by atoms with E-state index in [4.69, 9.17) is 10.5 Å². The predicted octanol–water partition coefficient (Wildman–Crippen LogP) is 3.15. The first-order valence-corrected chi connectivity index (χ1v) is 7.19. The summed E-state index contributed by atoms with van der Waals surface area (Å²) in [4.78, 5) is 12.3. The van der Waals surface area contributed by atoms with E-state index in [0.29, 0.717) is 22.0 Å². The fourth-order valence-corrected chi connectivity index (χ4v) is 2.41. The maximum absolute atomic E-state index is 13.4. The second-order valence-electron chi connectivity index (χ2n) is 4.22. The number of halogens is 1. The van der Waals surface area contributed by atoms with Gasteiger partial charge in [-0.2, -0.15) is 0 Å². The maximum atomic E-state index is 13.4. The first-order valence-electron chi connectivity index (χ1n) is 6.21. The molecule has 0 bridgehead atoms. The van der Waals surface area contributed by atoms with Crippen molar-refractivity contribution in [1.29, 1.82) is 0 Å². The highest BCUT2D eigenvalue weighted by Crippen LogP contribution is 2.25. The number of anilines is 2. The van der Waals surface area contributed by atoms with Crippen molar-refractivity contribution in [2.75, 3.05) is 23.9 Å². The quantitative estimate of drug-likeness (QED) is 0.658. The Hall–Kier alpha value is -2.21. The summed E-state index contributed by atoms with van der Waals surface area (Å²) in [7, 11) is 1.54. The Balaban J connectivity index is 1.95. The summed E-state index contributed by atoms with van der Waals surface area (Å²) < 4.78 is 18.5. The Bertz CT molecular complexity index is 649. The van der Waals surface area contributed by atoms with Crippen LogP contribution in [0.1, 0.15) is 0 Å². The van der Waals surface area contributed by atoms with E-state index in [1.807, 2.05) is 0 Å². The van der Waals surface area contributed by atoms with Crippen molar-refractivity contribution >= 4 is 29.0 Å². The zero-order valence-corrected chi connectivity index (χ0v) is 12.2. The van der Waals surface area contributed by atoms with Crippen molar-refractivity contribution in [2.24, 2.45) is 0 Å². The Morgan fingerprint density at radius 1 is 1.33 bits per heavy atom. The van der Waals surface area contributed by atoms with Crippen LogP contribution in [0.2, 0.25) is 0 Å². The normalized spacial score (nSPS) is 10.2. The van der Waals surface area contributed by atoms with Crippen LogP contribution in [-0.2, 0) is 4.79 Å². The van der Waals surface area contributed by atoms with Gasteiger partial charge in [-0.05, 0) is 24.3 Å². The van der Waals surface area contributed by atoms with Gasteiger partial charge in [-0.15, -0.1) is 11.8 Å². The van der Waals surface area contributed by atoms with E-state index in [-0.39, 0.29) is 17.5 Å². The van der Waals surface area contributed by atoms with Crippen LogP contribution in [0.3, 0.4) is 0 Å². The van der Waals surface area contributed by atoms with Gasteiger partial charge in [0, 0.05) is 11.0 Å². The summed E-state index contributed by atoms with van der Waals surface area (Å²) in [6.45, 7) is 0. The maximum Gasteiger partial charge on any atom is 0.234 e. The van der Waals surface area contributed by atoms with E-state index >= 15 is 0 Å². The highest BCUT2D eigenvalue weighted by Gasteiger charge is 2.08. The van der Waals surface area contributed by atoms with Crippen LogP contribution in [0, 0.1) is 5.82 Å². The summed E-state index contributed by atoms with van der Waals surface area (Å²) in [5.74, 6) is 0.137. The predicted molar refractivity (Wildman–Crippen MR) is 83.2 cm³/mol. The fraction of sp³-hybridized carbons (Fsp3) is 0.133. The molecule has 0 aliphatic heterocycles. The van der Waals surface area contributed by atoms with Crippen LogP contribution in [-0.4, -0.2) is 18.8 Å². The molecule has 0 radical (unpaired) electrons. The lowest BCUT2D eigenvalue weighted by atomic mass is 10.2. The number of amides is 1. The molecule has 0 atom stereocenters. The number of methoxy groups -OCH3 is 1. The molecule has 0 saturated carbocycles. The largest absolute Gasteiger partial charge is 0.497 e. The second kappa shape index (κ2) is 6.99. The first kappa shape index (κ1) is 15.2. The van der Waals surface area contributed by atoms with Crippen molar-refractivity contribution in [3.8, 4) is 5.75 Å². The fourth-order valence-electron chi connectivity index (χ4n) is 1.67. The Morgan fingerprint density at radius 3 is 2.76 bits per heavy atom. The lowest BCUT2D eigenvalue weighted by Crippen LogP contribution is -2.15.